The molecule has 2 aromatic heterocycles. The first-order valence-corrected chi connectivity index (χ1v) is 8.32. The zero-order chi connectivity index (χ0) is 19.4. The van der Waals surface area contributed by atoms with Crippen LogP contribution < -0.4 is 5.32 Å². The Kier molecular flexibility index (Phi) is 5.51. The lowest BCUT2D eigenvalue weighted by Crippen LogP contribution is -2.14. The van der Waals surface area contributed by atoms with E-state index in [9.17, 15) is 14.0 Å². The number of carboxylic acids is 1. The van der Waals surface area contributed by atoms with Gasteiger partial charge in [-0.3, -0.25) is 14.2 Å². The maximum absolute atomic E-state index is 13.8. The van der Waals surface area contributed by atoms with Gasteiger partial charge in [-0.05, 0) is 18.2 Å². The van der Waals surface area contributed by atoms with E-state index in [-0.39, 0.29) is 31.1 Å². The van der Waals surface area contributed by atoms with Crippen LogP contribution in [0.1, 0.15) is 22.5 Å². The molecule has 140 valence electrons. The number of halogens is 2. The van der Waals surface area contributed by atoms with Crippen LogP contribution in [0.15, 0.2) is 42.9 Å². The molecule has 0 fully saturated rings. The van der Waals surface area contributed by atoms with E-state index in [1.165, 1.54) is 40.0 Å². The number of aryl methyl sites for hydroxylation is 1. The highest BCUT2D eigenvalue weighted by atomic mass is 35.5. The monoisotopic (exact) mass is 391 g/mol. The molecule has 0 aliphatic heterocycles. The number of carboxylic acid groups (broad SMARTS) is 1. The maximum Gasteiger partial charge on any atom is 0.356 e. The largest absolute Gasteiger partial charge is 0.476 e. The Hall–Kier alpha value is -3.20. The van der Waals surface area contributed by atoms with Crippen molar-refractivity contribution in [3.05, 3.63) is 65.0 Å². The van der Waals surface area contributed by atoms with Gasteiger partial charge in [0.05, 0.1) is 18.4 Å². The van der Waals surface area contributed by atoms with Crippen LogP contribution in [0.25, 0.3) is 0 Å². The number of carbonyl (C=O) groups is 2. The molecule has 0 saturated carbocycles. The lowest BCUT2D eigenvalue weighted by Gasteiger charge is -2.06. The van der Waals surface area contributed by atoms with Crippen molar-refractivity contribution in [2.75, 3.05) is 5.32 Å². The fourth-order valence-electron chi connectivity index (χ4n) is 2.40. The molecular formula is C17H15ClFN5O3. The van der Waals surface area contributed by atoms with Gasteiger partial charge in [0, 0.05) is 35.9 Å². The second kappa shape index (κ2) is 8.00. The molecule has 8 nitrogen and oxygen atoms in total. The third-order valence-corrected chi connectivity index (χ3v) is 4.08. The van der Waals surface area contributed by atoms with E-state index in [1.54, 1.807) is 12.3 Å². The number of rotatable bonds is 7. The van der Waals surface area contributed by atoms with Crippen LogP contribution in [0.3, 0.4) is 0 Å². The predicted molar refractivity (Wildman–Crippen MR) is 95.2 cm³/mol. The number of amides is 1. The number of hydrogen-bond donors (Lipinski definition) is 2. The van der Waals surface area contributed by atoms with Crippen molar-refractivity contribution in [2.24, 2.45) is 0 Å². The summed E-state index contributed by atoms with van der Waals surface area (Å²) in [4.78, 5) is 22.8. The summed E-state index contributed by atoms with van der Waals surface area (Å²) in [6.07, 6.45) is 4.61. The van der Waals surface area contributed by atoms with Gasteiger partial charge < -0.3 is 10.4 Å². The average Bonchev–Trinajstić information content (AvgIpc) is 3.26. The summed E-state index contributed by atoms with van der Waals surface area (Å²) < 4.78 is 16.7. The Bertz CT molecular complexity index is 964. The summed E-state index contributed by atoms with van der Waals surface area (Å²) in [6.45, 7) is 0.366. The van der Waals surface area contributed by atoms with E-state index < -0.39 is 11.8 Å². The van der Waals surface area contributed by atoms with Crippen LogP contribution >= 0.6 is 11.6 Å². The molecule has 1 amide bonds. The Labute approximate surface area is 158 Å². The molecule has 27 heavy (non-hydrogen) atoms. The highest BCUT2D eigenvalue weighted by Gasteiger charge is 2.11. The van der Waals surface area contributed by atoms with Crippen molar-refractivity contribution in [3.63, 3.8) is 0 Å². The van der Waals surface area contributed by atoms with Crippen molar-refractivity contribution in [3.8, 4) is 0 Å². The molecule has 0 bridgehead atoms. The normalized spacial score (nSPS) is 10.7. The Morgan fingerprint density at radius 3 is 2.78 bits per heavy atom. The number of aromatic nitrogens is 4. The van der Waals surface area contributed by atoms with E-state index in [4.69, 9.17) is 16.7 Å². The van der Waals surface area contributed by atoms with Crippen molar-refractivity contribution in [1.82, 2.24) is 19.6 Å². The number of aromatic carboxylic acids is 1. The van der Waals surface area contributed by atoms with Gasteiger partial charge in [0.2, 0.25) is 5.91 Å². The van der Waals surface area contributed by atoms with Crippen LogP contribution in [-0.4, -0.2) is 36.5 Å². The zero-order valence-corrected chi connectivity index (χ0v) is 14.7. The molecule has 2 heterocycles. The second-order valence-corrected chi connectivity index (χ2v) is 6.10. The predicted octanol–water partition coefficient (Wildman–Crippen LogP) is 2.65. The van der Waals surface area contributed by atoms with Gasteiger partial charge in [0.1, 0.15) is 5.82 Å². The summed E-state index contributed by atoms with van der Waals surface area (Å²) in [6, 6.07) is 5.79. The standard InChI is InChI=1S/C17H15ClFN5O3/c18-13-2-1-3-14(19)12(13)10-24-9-11(8-20-24)21-16(25)5-7-23-6-4-15(22-23)17(26)27/h1-4,6,8-9H,5,7,10H2,(H,21,25)(H,26,27). The lowest BCUT2D eigenvalue weighted by molar-refractivity contribution is -0.116. The number of hydrogen-bond acceptors (Lipinski definition) is 4. The first-order valence-electron chi connectivity index (χ1n) is 7.94. The third kappa shape index (κ3) is 4.70. The van der Waals surface area contributed by atoms with E-state index in [2.05, 4.69) is 15.5 Å². The van der Waals surface area contributed by atoms with E-state index >= 15 is 0 Å². The van der Waals surface area contributed by atoms with E-state index in [1.807, 2.05) is 0 Å². The van der Waals surface area contributed by atoms with Crippen LogP contribution in [0.2, 0.25) is 5.02 Å². The fraction of sp³-hybridized carbons (Fsp3) is 0.176. The topological polar surface area (TPSA) is 102 Å². The Balaban J connectivity index is 1.55. The molecule has 3 rings (SSSR count). The van der Waals surface area contributed by atoms with Gasteiger partial charge in [-0.15, -0.1) is 0 Å². The van der Waals surface area contributed by atoms with Crippen molar-refractivity contribution in [1.29, 1.82) is 0 Å². The summed E-state index contributed by atoms with van der Waals surface area (Å²) >= 11 is 6.00. The molecule has 0 aliphatic carbocycles. The van der Waals surface area contributed by atoms with Crippen molar-refractivity contribution < 1.29 is 19.1 Å². The minimum Gasteiger partial charge on any atom is -0.476 e. The van der Waals surface area contributed by atoms with E-state index in [0.717, 1.165) is 0 Å². The van der Waals surface area contributed by atoms with Gasteiger partial charge in [0.25, 0.3) is 0 Å². The van der Waals surface area contributed by atoms with Crippen molar-refractivity contribution in [2.45, 2.75) is 19.5 Å². The Morgan fingerprint density at radius 1 is 1.26 bits per heavy atom. The number of benzene rings is 1. The summed E-state index contributed by atoms with van der Waals surface area (Å²) in [7, 11) is 0. The van der Waals surface area contributed by atoms with Crippen molar-refractivity contribution >= 4 is 29.2 Å². The SMILES string of the molecule is O=C(CCn1ccc(C(=O)O)n1)Nc1cnn(Cc2c(F)cccc2Cl)c1. The number of carbonyl (C=O) groups excluding carboxylic acids is 1. The first-order chi connectivity index (χ1) is 12.9. The number of nitrogens with one attached hydrogen (secondary N) is 1. The van der Waals surface area contributed by atoms with Crippen LogP contribution in [-0.2, 0) is 17.9 Å². The summed E-state index contributed by atoms with van der Waals surface area (Å²) in [5, 5.41) is 19.7. The van der Waals surface area contributed by atoms with E-state index in [0.29, 0.717) is 16.3 Å². The Morgan fingerprint density at radius 2 is 2.07 bits per heavy atom. The highest BCUT2D eigenvalue weighted by molar-refractivity contribution is 6.31. The molecular weight excluding hydrogens is 377 g/mol. The summed E-state index contributed by atoms with van der Waals surface area (Å²) in [5.41, 5.74) is 0.690. The minimum absolute atomic E-state index is 0.0801. The molecule has 0 aliphatic rings. The lowest BCUT2D eigenvalue weighted by atomic mass is 10.2. The first kappa shape index (κ1) is 18.6. The number of nitrogens with zero attached hydrogens (tertiary/aromatic N) is 4. The zero-order valence-electron chi connectivity index (χ0n) is 14.0. The molecule has 0 saturated heterocycles. The highest BCUT2D eigenvalue weighted by Crippen LogP contribution is 2.20. The fourth-order valence-corrected chi connectivity index (χ4v) is 2.62. The second-order valence-electron chi connectivity index (χ2n) is 5.69. The molecule has 3 aromatic rings. The smallest absolute Gasteiger partial charge is 0.356 e. The average molecular weight is 392 g/mol. The van der Waals surface area contributed by atoms with Crippen LogP contribution in [0, 0.1) is 5.82 Å². The quantitative estimate of drug-likeness (QED) is 0.644. The van der Waals surface area contributed by atoms with Crippen LogP contribution in [0.5, 0.6) is 0 Å². The maximum atomic E-state index is 13.8. The van der Waals surface area contributed by atoms with Gasteiger partial charge in [-0.1, -0.05) is 17.7 Å². The third-order valence-electron chi connectivity index (χ3n) is 3.73. The molecule has 0 atom stereocenters. The molecule has 0 unspecified atom stereocenters. The molecule has 2 N–H and O–H groups in total. The molecule has 1 aromatic carbocycles. The molecule has 0 spiro atoms. The molecule has 10 heteroatoms. The van der Waals surface area contributed by atoms with Gasteiger partial charge >= 0.3 is 5.97 Å². The van der Waals surface area contributed by atoms with Crippen LogP contribution in [0.4, 0.5) is 10.1 Å². The van der Waals surface area contributed by atoms with Gasteiger partial charge in [-0.25, -0.2) is 9.18 Å². The molecule has 0 radical (unpaired) electrons. The van der Waals surface area contributed by atoms with Gasteiger partial charge in [0.15, 0.2) is 5.69 Å². The summed E-state index contributed by atoms with van der Waals surface area (Å²) in [5.74, 6) is -1.84. The number of anilines is 1. The van der Waals surface area contributed by atoms with Gasteiger partial charge in [-0.2, -0.15) is 10.2 Å². The minimum atomic E-state index is -1.12.